The van der Waals surface area contributed by atoms with Gasteiger partial charge in [-0.1, -0.05) is 53.7 Å². The lowest BCUT2D eigenvalue weighted by Gasteiger charge is -2.31. The minimum atomic E-state index is -0.796. The predicted octanol–water partition coefficient (Wildman–Crippen LogP) is 4.29. The third-order valence-electron chi connectivity index (χ3n) is 3.66. The summed E-state index contributed by atoms with van der Waals surface area (Å²) in [4.78, 5) is 11.1. The fourth-order valence-electron chi connectivity index (χ4n) is 2.47. The van der Waals surface area contributed by atoms with Gasteiger partial charge in [-0.15, -0.1) is 0 Å². The average molecular weight is 278 g/mol. The number of carbonyl (C=O) groups is 1. The highest BCUT2D eigenvalue weighted by molar-refractivity contribution is 5.68. The van der Waals surface area contributed by atoms with Crippen LogP contribution in [-0.2, 0) is 10.2 Å². The Morgan fingerprint density at radius 1 is 1.15 bits per heavy atom. The van der Waals surface area contributed by atoms with Crippen molar-refractivity contribution in [2.24, 2.45) is 5.41 Å². The maximum Gasteiger partial charge on any atom is 0.303 e. The zero-order valence-corrected chi connectivity index (χ0v) is 13.3. The lowest BCUT2D eigenvalue weighted by atomic mass is 9.73. The third kappa shape index (κ3) is 3.99. The second-order valence-electron chi connectivity index (χ2n) is 7.54. The summed E-state index contributed by atoms with van der Waals surface area (Å²) in [6.07, 6.45) is 0.0951. The van der Waals surface area contributed by atoms with Crippen molar-refractivity contribution in [2.45, 2.75) is 59.3 Å². The van der Waals surface area contributed by atoms with E-state index in [-0.39, 0.29) is 28.9 Å². The number of hydrogen-bond acceptors (Lipinski definition) is 2. The van der Waals surface area contributed by atoms with E-state index in [2.05, 4.69) is 0 Å². The molecule has 1 atom stereocenters. The van der Waals surface area contributed by atoms with E-state index in [4.69, 9.17) is 5.11 Å². The van der Waals surface area contributed by atoms with E-state index in [0.29, 0.717) is 0 Å². The van der Waals surface area contributed by atoms with Gasteiger partial charge in [-0.25, -0.2) is 0 Å². The molecule has 0 aliphatic rings. The van der Waals surface area contributed by atoms with Gasteiger partial charge in [0, 0.05) is 0 Å². The van der Waals surface area contributed by atoms with Crippen molar-refractivity contribution in [2.75, 3.05) is 0 Å². The number of benzene rings is 1. The lowest BCUT2D eigenvalue weighted by molar-refractivity contribution is -0.138. The monoisotopic (exact) mass is 278 g/mol. The molecule has 2 N–H and O–H groups in total. The molecule has 0 heterocycles. The highest BCUT2D eigenvalue weighted by Gasteiger charge is 2.30. The van der Waals surface area contributed by atoms with Crippen LogP contribution in [0.1, 0.15) is 65.0 Å². The molecule has 0 aliphatic heterocycles. The Morgan fingerprint density at radius 2 is 1.70 bits per heavy atom. The summed E-state index contributed by atoms with van der Waals surface area (Å²) in [6, 6.07) is 5.47. The van der Waals surface area contributed by atoms with Crippen LogP contribution >= 0.6 is 0 Å². The smallest absolute Gasteiger partial charge is 0.303 e. The molecule has 0 radical (unpaired) electrons. The van der Waals surface area contributed by atoms with Crippen LogP contribution < -0.4 is 0 Å². The second kappa shape index (κ2) is 5.47. The average Bonchev–Trinajstić information content (AvgIpc) is 2.23. The zero-order chi connectivity index (χ0) is 15.7. The first-order valence-electron chi connectivity index (χ1n) is 6.98. The van der Waals surface area contributed by atoms with Crippen LogP contribution in [0.4, 0.5) is 0 Å². The van der Waals surface area contributed by atoms with E-state index >= 15 is 0 Å². The van der Waals surface area contributed by atoms with Gasteiger partial charge in [0.1, 0.15) is 5.75 Å². The Bertz CT molecular complexity index is 490. The molecular weight excluding hydrogens is 252 g/mol. The zero-order valence-electron chi connectivity index (χ0n) is 13.3. The summed E-state index contributed by atoms with van der Waals surface area (Å²) < 4.78 is 0. The topological polar surface area (TPSA) is 57.5 Å². The van der Waals surface area contributed by atoms with Crippen LogP contribution in [0, 0.1) is 5.41 Å². The van der Waals surface area contributed by atoms with Crippen LogP contribution in [0.2, 0.25) is 0 Å². The van der Waals surface area contributed by atoms with E-state index < -0.39 is 5.97 Å². The molecule has 20 heavy (non-hydrogen) atoms. The second-order valence-corrected chi connectivity index (χ2v) is 7.54. The van der Waals surface area contributed by atoms with E-state index in [1.165, 1.54) is 0 Å². The fraction of sp³-hybridized carbons (Fsp3) is 0.588. The molecule has 1 aromatic rings. The summed E-state index contributed by atoms with van der Waals surface area (Å²) in [5, 5.41) is 19.2. The molecule has 112 valence electrons. The third-order valence-corrected chi connectivity index (χ3v) is 3.66. The van der Waals surface area contributed by atoms with Crippen LogP contribution in [0.3, 0.4) is 0 Å². The first-order chi connectivity index (χ1) is 8.93. The number of aliphatic carboxylic acids is 1. The molecule has 0 amide bonds. The largest absolute Gasteiger partial charge is 0.508 e. The summed E-state index contributed by atoms with van der Waals surface area (Å²) in [6.45, 7) is 12.2. The number of rotatable bonds is 3. The molecule has 1 unspecified atom stereocenters. The quantitative estimate of drug-likeness (QED) is 0.867. The maximum absolute atomic E-state index is 11.1. The maximum atomic E-state index is 11.1. The Morgan fingerprint density at radius 3 is 2.10 bits per heavy atom. The molecule has 0 bridgehead atoms. The number of carboxylic acid groups (broad SMARTS) is 1. The van der Waals surface area contributed by atoms with Crippen molar-refractivity contribution >= 4 is 5.97 Å². The first kappa shape index (κ1) is 16.5. The Balaban J connectivity index is 3.32. The van der Waals surface area contributed by atoms with Gasteiger partial charge in [-0.05, 0) is 33.9 Å². The number of phenols is 1. The van der Waals surface area contributed by atoms with Crippen LogP contribution in [-0.4, -0.2) is 16.2 Å². The molecule has 3 nitrogen and oxygen atoms in total. The lowest BCUT2D eigenvalue weighted by Crippen LogP contribution is -2.22. The summed E-state index contributed by atoms with van der Waals surface area (Å²) in [7, 11) is 0. The highest BCUT2D eigenvalue weighted by Crippen LogP contribution is 2.41. The normalized spacial score (nSPS) is 14.1. The molecule has 1 aromatic carbocycles. The van der Waals surface area contributed by atoms with Gasteiger partial charge in [0.05, 0.1) is 6.42 Å². The Labute approximate surface area is 121 Å². The van der Waals surface area contributed by atoms with E-state index in [1.54, 1.807) is 6.07 Å². The molecule has 0 spiro atoms. The van der Waals surface area contributed by atoms with Gasteiger partial charge in [0.15, 0.2) is 0 Å². The summed E-state index contributed by atoms with van der Waals surface area (Å²) in [5.41, 5.74) is 1.51. The van der Waals surface area contributed by atoms with Gasteiger partial charge in [-0.3, -0.25) is 4.79 Å². The van der Waals surface area contributed by atoms with Crippen LogP contribution in [0.5, 0.6) is 5.75 Å². The highest BCUT2D eigenvalue weighted by atomic mass is 16.4. The Hall–Kier alpha value is -1.51. The molecule has 3 heteroatoms. The number of hydrogen-bond donors (Lipinski definition) is 2. The van der Waals surface area contributed by atoms with Crippen molar-refractivity contribution in [1.82, 2.24) is 0 Å². The predicted molar refractivity (Wildman–Crippen MR) is 81.3 cm³/mol. The SMILES string of the molecule is CC(C)(C)c1cc(C(CC(=O)O)C(C)(C)C)ccc1O. The van der Waals surface area contributed by atoms with Gasteiger partial charge < -0.3 is 10.2 Å². The summed E-state index contributed by atoms with van der Waals surface area (Å²) >= 11 is 0. The van der Waals surface area contributed by atoms with Gasteiger partial charge in [0.25, 0.3) is 0 Å². The van der Waals surface area contributed by atoms with Gasteiger partial charge in [-0.2, -0.15) is 0 Å². The fourth-order valence-corrected chi connectivity index (χ4v) is 2.47. The molecule has 0 saturated carbocycles. The first-order valence-corrected chi connectivity index (χ1v) is 6.98. The summed E-state index contributed by atoms with van der Waals surface area (Å²) in [5.74, 6) is -0.610. The Kier molecular flexibility index (Phi) is 4.52. The molecular formula is C17H26O3. The van der Waals surface area contributed by atoms with E-state index in [0.717, 1.165) is 11.1 Å². The minimum absolute atomic E-state index is 0.0818. The van der Waals surface area contributed by atoms with Crippen LogP contribution in [0.25, 0.3) is 0 Å². The number of phenolic OH excluding ortho intramolecular Hbond substituents is 1. The van der Waals surface area contributed by atoms with Gasteiger partial charge >= 0.3 is 5.97 Å². The van der Waals surface area contributed by atoms with E-state index in [1.807, 2.05) is 53.7 Å². The number of aromatic hydroxyl groups is 1. The van der Waals surface area contributed by atoms with Crippen molar-refractivity contribution in [3.05, 3.63) is 29.3 Å². The van der Waals surface area contributed by atoms with Gasteiger partial charge in [0.2, 0.25) is 0 Å². The standard InChI is InChI=1S/C17H26O3/c1-16(2,3)12(10-15(19)20)11-7-8-14(18)13(9-11)17(4,5)6/h7-9,12,18H,10H2,1-6H3,(H,19,20). The molecule has 0 aromatic heterocycles. The minimum Gasteiger partial charge on any atom is -0.508 e. The van der Waals surface area contributed by atoms with Crippen molar-refractivity contribution in [3.63, 3.8) is 0 Å². The number of carboxylic acids is 1. The molecule has 1 rings (SSSR count). The van der Waals surface area contributed by atoms with Crippen molar-refractivity contribution in [3.8, 4) is 5.75 Å². The molecule has 0 fully saturated rings. The van der Waals surface area contributed by atoms with Crippen molar-refractivity contribution in [1.29, 1.82) is 0 Å². The van der Waals surface area contributed by atoms with Crippen LogP contribution in [0.15, 0.2) is 18.2 Å². The van der Waals surface area contributed by atoms with E-state index in [9.17, 15) is 9.90 Å². The molecule has 0 aliphatic carbocycles. The van der Waals surface area contributed by atoms with Crippen molar-refractivity contribution < 1.29 is 15.0 Å². The molecule has 0 saturated heterocycles.